The van der Waals surface area contributed by atoms with E-state index >= 15 is 0 Å². The van der Waals surface area contributed by atoms with Crippen molar-refractivity contribution in [3.05, 3.63) is 89.9 Å². The van der Waals surface area contributed by atoms with Gasteiger partial charge in [-0.15, -0.1) is 0 Å². The van der Waals surface area contributed by atoms with Crippen molar-refractivity contribution in [1.82, 2.24) is 29.2 Å². The molecule has 304 valence electrons. The van der Waals surface area contributed by atoms with Crippen LogP contribution in [0.4, 0.5) is 0 Å². The molecule has 16 nitrogen and oxygen atoms in total. The summed E-state index contributed by atoms with van der Waals surface area (Å²) in [5, 5.41) is 9.40. The Hall–Kier alpha value is -6.03. The Bertz CT molecular complexity index is 2400. The highest BCUT2D eigenvalue weighted by Gasteiger charge is 2.34. The number of fused-ring (bicyclic) bond motifs is 2. The second-order valence-corrected chi connectivity index (χ2v) is 14.3. The van der Waals surface area contributed by atoms with Gasteiger partial charge >= 0.3 is 6.15 Å². The lowest BCUT2D eigenvalue weighted by atomic mass is 10.1. The standard InChI is InChI=1S/C21H25N3O3.C20H21N3O5.CO2/c1-5-18-14(2)22-20-11-10-17(23-24(18)20)16-8-6-7-9-19(16)25-12-15-13-26-21(3,4)27-15;1-13-19(26-12-24)23-18(21-13)9-8-16(22-23)15-6-4-5-7-17(15)25-10-14-11-27-20(2,3)28-14;2-1-3/h6-11,15H,5,12-13H2,1-4H3;4-9,12,14H,10-11H2,1-3H3;/t15-;14-;/m00./s1. The summed E-state index contributed by atoms with van der Waals surface area (Å²) in [5.41, 5.74) is 7.48. The molecule has 8 rings (SSSR count). The maximum atomic E-state index is 10.8. The number of hydrogen-bond acceptors (Lipinski definition) is 14. The van der Waals surface area contributed by atoms with Crippen LogP contribution in [0.3, 0.4) is 0 Å². The minimum absolute atomic E-state index is 0.0773. The minimum atomic E-state index is -0.589. The van der Waals surface area contributed by atoms with E-state index in [-0.39, 0.29) is 18.4 Å². The van der Waals surface area contributed by atoms with Gasteiger partial charge in [0.1, 0.15) is 42.6 Å². The molecule has 58 heavy (non-hydrogen) atoms. The van der Waals surface area contributed by atoms with E-state index in [0.29, 0.717) is 61.6 Å². The lowest BCUT2D eigenvalue weighted by Crippen LogP contribution is -2.25. The molecule has 0 aliphatic carbocycles. The molecule has 6 heterocycles. The molecular weight excluding hydrogens is 748 g/mol. The first-order valence-corrected chi connectivity index (χ1v) is 18.7. The van der Waals surface area contributed by atoms with E-state index < -0.39 is 11.6 Å². The quantitative estimate of drug-likeness (QED) is 0.140. The lowest BCUT2D eigenvalue weighted by molar-refractivity contribution is -0.191. The first-order valence-electron chi connectivity index (χ1n) is 18.7. The molecule has 0 spiro atoms. The number of carbonyl (C=O) groups excluding carboxylic acids is 3. The molecule has 0 amide bonds. The Morgan fingerprint density at radius 3 is 1.66 bits per heavy atom. The van der Waals surface area contributed by atoms with Crippen molar-refractivity contribution in [3.8, 4) is 39.9 Å². The smallest absolute Gasteiger partial charge is 0.373 e. The maximum Gasteiger partial charge on any atom is 0.373 e. The third-order valence-corrected chi connectivity index (χ3v) is 9.17. The molecule has 2 aliphatic rings. The SMILES string of the molecule is CCc1c(C)nc2ccc(-c3ccccc3OC[C@H]3COC(C)(C)O3)nn12.Cc1nc2ccc(-c3ccccc3OC[C@H]3COC(C)(C)O3)nn2c1OC=O.O=C=O. The minimum Gasteiger partial charge on any atom is -0.490 e. The van der Waals surface area contributed by atoms with Crippen LogP contribution in [0.25, 0.3) is 33.8 Å². The van der Waals surface area contributed by atoms with Crippen LogP contribution in [0.2, 0.25) is 0 Å². The summed E-state index contributed by atoms with van der Waals surface area (Å²) in [5.74, 6) is 0.624. The van der Waals surface area contributed by atoms with Gasteiger partial charge in [-0.1, -0.05) is 31.2 Å². The van der Waals surface area contributed by atoms with Crippen molar-refractivity contribution >= 4 is 23.9 Å². The van der Waals surface area contributed by atoms with Crippen molar-refractivity contribution in [2.24, 2.45) is 0 Å². The number of hydrogen-bond donors (Lipinski definition) is 0. The van der Waals surface area contributed by atoms with E-state index in [4.69, 9.17) is 47.8 Å². The van der Waals surface area contributed by atoms with Crippen molar-refractivity contribution in [2.75, 3.05) is 26.4 Å². The van der Waals surface area contributed by atoms with Crippen molar-refractivity contribution in [1.29, 1.82) is 0 Å². The molecule has 2 saturated heterocycles. The predicted octanol–water partition coefficient (Wildman–Crippen LogP) is 5.98. The normalized spacial score (nSPS) is 17.8. The van der Waals surface area contributed by atoms with Crippen LogP contribution in [0.1, 0.15) is 51.7 Å². The van der Waals surface area contributed by atoms with Gasteiger partial charge < -0.3 is 33.2 Å². The van der Waals surface area contributed by atoms with Crippen molar-refractivity contribution in [3.63, 3.8) is 0 Å². The topological polar surface area (TPSA) is 176 Å². The van der Waals surface area contributed by atoms with Crippen LogP contribution in [0, 0.1) is 13.8 Å². The van der Waals surface area contributed by atoms with E-state index in [1.807, 2.05) is 112 Å². The van der Waals surface area contributed by atoms with Gasteiger partial charge in [0, 0.05) is 11.1 Å². The first-order chi connectivity index (χ1) is 27.8. The largest absolute Gasteiger partial charge is 0.490 e. The molecule has 2 fully saturated rings. The highest BCUT2D eigenvalue weighted by Crippen LogP contribution is 2.32. The molecule has 0 N–H and O–H groups in total. The highest BCUT2D eigenvalue weighted by molar-refractivity contribution is 5.69. The molecule has 0 bridgehead atoms. The molecule has 4 aromatic heterocycles. The summed E-state index contributed by atoms with van der Waals surface area (Å²) in [4.78, 5) is 36.0. The Kier molecular flexibility index (Phi) is 12.9. The Morgan fingerprint density at radius 2 is 1.19 bits per heavy atom. The molecular formula is C42H46N6O10. The van der Waals surface area contributed by atoms with Gasteiger partial charge in [-0.25, -0.2) is 14.5 Å². The number of nitrogens with zero attached hydrogens (tertiary/aromatic N) is 6. The van der Waals surface area contributed by atoms with Gasteiger partial charge in [0.15, 0.2) is 22.9 Å². The van der Waals surface area contributed by atoms with Crippen LogP contribution >= 0.6 is 0 Å². The van der Waals surface area contributed by atoms with Gasteiger partial charge in [-0.3, -0.25) is 4.79 Å². The number of rotatable bonds is 11. The van der Waals surface area contributed by atoms with Crippen molar-refractivity contribution < 1.29 is 47.5 Å². The van der Waals surface area contributed by atoms with Crippen LogP contribution in [-0.2, 0) is 39.8 Å². The summed E-state index contributed by atoms with van der Waals surface area (Å²) in [6, 6.07) is 23.2. The molecule has 2 atom stereocenters. The van der Waals surface area contributed by atoms with Crippen LogP contribution in [-0.4, -0.2) is 92.0 Å². The van der Waals surface area contributed by atoms with Gasteiger partial charge in [0.25, 0.3) is 6.47 Å². The monoisotopic (exact) mass is 794 g/mol. The van der Waals surface area contributed by atoms with Gasteiger partial charge in [-0.2, -0.15) is 24.3 Å². The molecule has 2 aromatic carbocycles. The number of ether oxygens (including phenoxy) is 7. The summed E-state index contributed by atoms with van der Waals surface area (Å²) < 4.78 is 43.4. The van der Waals surface area contributed by atoms with Gasteiger partial charge in [0.2, 0.25) is 5.88 Å². The predicted molar refractivity (Wildman–Crippen MR) is 208 cm³/mol. The number of para-hydroxylation sites is 2. The fourth-order valence-corrected chi connectivity index (χ4v) is 6.65. The van der Waals surface area contributed by atoms with Crippen LogP contribution in [0.5, 0.6) is 17.4 Å². The van der Waals surface area contributed by atoms with Crippen LogP contribution in [0.15, 0.2) is 72.8 Å². The third-order valence-electron chi connectivity index (χ3n) is 9.17. The zero-order valence-electron chi connectivity index (χ0n) is 33.5. The van der Waals surface area contributed by atoms with E-state index in [2.05, 4.69) is 22.0 Å². The number of aromatic nitrogens is 6. The third kappa shape index (κ3) is 9.73. The average Bonchev–Trinajstić information content (AvgIpc) is 3.94. The zero-order chi connectivity index (χ0) is 41.5. The molecule has 6 aromatic rings. The maximum absolute atomic E-state index is 10.8. The number of benzene rings is 2. The summed E-state index contributed by atoms with van der Waals surface area (Å²) in [7, 11) is 0. The number of carbonyl (C=O) groups is 1. The fourth-order valence-electron chi connectivity index (χ4n) is 6.65. The van der Waals surface area contributed by atoms with E-state index in [9.17, 15) is 4.79 Å². The Balaban J connectivity index is 0.000000183. The molecule has 0 saturated carbocycles. The Labute approximate surface area is 335 Å². The zero-order valence-corrected chi connectivity index (χ0v) is 33.5. The molecule has 2 aliphatic heterocycles. The summed E-state index contributed by atoms with van der Waals surface area (Å²) in [6.07, 6.45) is 0.921. The Morgan fingerprint density at radius 1 is 0.724 bits per heavy atom. The average molecular weight is 795 g/mol. The second kappa shape index (κ2) is 18.1. The van der Waals surface area contributed by atoms with E-state index in [1.54, 1.807) is 6.92 Å². The van der Waals surface area contributed by atoms with Crippen LogP contribution < -0.4 is 14.2 Å². The first kappa shape index (κ1) is 41.6. The summed E-state index contributed by atoms with van der Waals surface area (Å²) >= 11 is 0. The summed E-state index contributed by atoms with van der Waals surface area (Å²) in [6.45, 7) is 15.7. The number of imidazole rings is 2. The fraction of sp³-hybridized carbons (Fsp3) is 0.381. The highest BCUT2D eigenvalue weighted by atomic mass is 16.8. The molecule has 0 unspecified atom stereocenters. The lowest BCUT2D eigenvalue weighted by Gasteiger charge is -2.18. The van der Waals surface area contributed by atoms with E-state index in [0.717, 1.165) is 46.0 Å². The number of aryl methyl sites for hydroxylation is 3. The van der Waals surface area contributed by atoms with E-state index in [1.165, 1.54) is 4.52 Å². The molecule has 16 heteroatoms. The van der Waals surface area contributed by atoms with Gasteiger partial charge in [0.05, 0.1) is 36.0 Å². The van der Waals surface area contributed by atoms with Gasteiger partial charge in [-0.05, 0) is 96.5 Å². The second-order valence-electron chi connectivity index (χ2n) is 14.3. The van der Waals surface area contributed by atoms with Crippen molar-refractivity contribution in [2.45, 2.75) is 78.7 Å². The molecule has 0 radical (unpaired) electrons.